The van der Waals surface area contributed by atoms with Crippen LogP contribution < -0.4 is 0 Å². The van der Waals surface area contributed by atoms with E-state index in [4.69, 9.17) is 0 Å². The molecule has 0 bridgehead atoms. The summed E-state index contributed by atoms with van der Waals surface area (Å²) in [5.41, 5.74) is 7.56. The summed E-state index contributed by atoms with van der Waals surface area (Å²) in [6.45, 7) is 11.9. The number of halogens is 2. The average molecular weight is 545 g/mol. The zero-order valence-corrected chi connectivity index (χ0v) is 24.8. The summed E-state index contributed by atoms with van der Waals surface area (Å²) < 4.78 is 9.10. The van der Waals surface area contributed by atoms with E-state index >= 15 is 0 Å². The van der Waals surface area contributed by atoms with Gasteiger partial charge in [0.25, 0.3) is 0 Å². The zero-order valence-electron chi connectivity index (χ0n) is 17.7. The van der Waals surface area contributed by atoms with E-state index in [1.807, 2.05) is 6.56 Å². The molecule has 0 N–H and O–H groups in total. The third-order valence-corrected chi connectivity index (χ3v) is 28.5. The van der Waals surface area contributed by atoms with Crippen LogP contribution >= 0.6 is 24.8 Å². The Morgan fingerprint density at radius 2 is 1.26 bits per heavy atom. The third kappa shape index (κ3) is 4.23. The van der Waals surface area contributed by atoms with Crippen LogP contribution in [0.3, 0.4) is 0 Å². The smallest absolute Gasteiger partial charge is 0.147 e. The number of hydrogen-bond donors (Lipinski definition) is 0. The molecule has 0 aliphatic heterocycles. The molecule has 0 nitrogen and oxygen atoms in total. The van der Waals surface area contributed by atoms with Gasteiger partial charge in [-0.1, -0.05) is 0 Å². The molecule has 0 amide bonds. The molecule has 2 atom stereocenters. The Bertz CT molecular complexity index is 926. The SMILES string of the molecule is CC1=CC(C)[C]([Zr]([CH3])([CH3])(=[GeH2])[C]2=C(C)C(c3ccccc3)=CC2C)=C1C.Cl.Cl. The molecule has 0 heterocycles. The van der Waals surface area contributed by atoms with Crippen molar-refractivity contribution in [2.45, 2.75) is 43.9 Å². The molecule has 0 spiro atoms. The molecule has 2 aliphatic rings. The minimum absolute atomic E-state index is 0. The molecule has 1 aromatic carbocycles. The molecule has 2 aliphatic carbocycles. The van der Waals surface area contributed by atoms with Gasteiger partial charge in [-0.2, -0.15) is 0 Å². The Morgan fingerprint density at radius 3 is 1.74 bits per heavy atom. The van der Waals surface area contributed by atoms with Crippen LogP contribution in [0.1, 0.15) is 40.2 Å². The van der Waals surface area contributed by atoms with Crippen LogP contribution in [0.2, 0.25) is 9.26 Å². The second kappa shape index (κ2) is 8.51. The summed E-state index contributed by atoms with van der Waals surface area (Å²) in [7, 11) is 0. The quantitative estimate of drug-likeness (QED) is 0.358. The summed E-state index contributed by atoms with van der Waals surface area (Å²) in [6, 6.07) is 11.0. The molecular formula is C23H34Cl2GeZr. The summed E-state index contributed by atoms with van der Waals surface area (Å²) in [6.07, 6.45) is 5.04. The van der Waals surface area contributed by atoms with Gasteiger partial charge in [0.2, 0.25) is 0 Å². The number of rotatable bonds is 3. The number of hydrogen-bond acceptors (Lipinski definition) is 0. The molecule has 3 rings (SSSR count). The van der Waals surface area contributed by atoms with Crippen LogP contribution in [0, 0.1) is 11.8 Å². The molecule has 0 fully saturated rings. The van der Waals surface area contributed by atoms with Gasteiger partial charge in [0.15, 0.2) is 0 Å². The fourth-order valence-electron chi connectivity index (χ4n) is 5.82. The van der Waals surface area contributed by atoms with Gasteiger partial charge >= 0.3 is 160 Å². The van der Waals surface area contributed by atoms with E-state index < -0.39 is 15.7 Å². The van der Waals surface area contributed by atoms with Gasteiger partial charge in [0.1, 0.15) is 0 Å². The molecule has 0 aromatic heterocycles. The molecule has 0 saturated heterocycles. The monoisotopic (exact) mass is 544 g/mol. The van der Waals surface area contributed by atoms with Gasteiger partial charge in [-0.05, 0) is 0 Å². The van der Waals surface area contributed by atoms with Gasteiger partial charge in [-0.15, -0.1) is 24.8 Å². The first-order valence-corrected chi connectivity index (χ1v) is 27.4. The van der Waals surface area contributed by atoms with E-state index in [0.717, 1.165) is 0 Å². The Balaban J connectivity index is 0.00000182. The van der Waals surface area contributed by atoms with E-state index in [2.05, 4.69) is 86.4 Å². The van der Waals surface area contributed by atoms with Crippen molar-refractivity contribution in [3.05, 3.63) is 71.3 Å². The molecular weight excluding hydrogens is 511 g/mol. The van der Waals surface area contributed by atoms with Crippen LogP contribution in [-0.2, 0) is 15.7 Å². The molecule has 4 heteroatoms. The topological polar surface area (TPSA) is 0 Å². The third-order valence-electron chi connectivity index (χ3n) is 6.44. The maximum atomic E-state index is 2.71. The zero-order chi connectivity index (χ0) is 18.6. The Hall–Kier alpha value is 0.186. The van der Waals surface area contributed by atoms with Gasteiger partial charge in [-0.3, -0.25) is 0 Å². The van der Waals surface area contributed by atoms with Gasteiger partial charge in [0.05, 0.1) is 0 Å². The van der Waals surface area contributed by atoms with Crippen molar-refractivity contribution in [1.82, 2.24) is 0 Å². The van der Waals surface area contributed by atoms with E-state index in [-0.39, 0.29) is 24.8 Å². The van der Waals surface area contributed by atoms with Crippen LogP contribution in [0.25, 0.3) is 5.57 Å². The largest absolute Gasteiger partial charge is 0.147 e. The Morgan fingerprint density at radius 1 is 0.778 bits per heavy atom. The maximum Gasteiger partial charge on any atom is -0.147 e. The predicted molar refractivity (Wildman–Crippen MR) is 127 cm³/mol. The second-order valence-corrected chi connectivity index (χ2v) is 51.3. The van der Waals surface area contributed by atoms with Crippen molar-refractivity contribution < 1.29 is 15.7 Å². The molecule has 27 heavy (non-hydrogen) atoms. The number of allylic oxidation sites excluding steroid dienone is 8. The second-order valence-electron chi connectivity index (χ2n) is 9.14. The Labute approximate surface area is 183 Å². The average Bonchev–Trinajstić information content (AvgIpc) is 2.96. The van der Waals surface area contributed by atoms with E-state index in [1.165, 1.54) is 28.9 Å². The molecule has 0 saturated carbocycles. The summed E-state index contributed by atoms with van der Waals surface area (Å²) >= 11 is -1.64. The fraction of sp³-hybridized carbons (Fsp3) is 0.391. The van der Waals surface area contributed by atoms with Gasteiger partial charge in [-0.25, -0.2) is 0 Å². The van der Waals surface area contributed by atoms with Gasteiger partial charge in [0, 0.05) is 0 Å². The minimum Gasteiger partial charge on any atom is -0.147 e. The first-order valence-electron chi connectivity index (χ1n) is 9.49. The van der Waals surface area contributed by atoms with Gasteiger partial charge < -0.3 is 0 Å². The summed E-state index contributed by atoms with van der Waals surface area (Å²) in [4.78, 5) is 0. The van der Waals surface area contributed by atoms with Crippen molar-refractivity contribution in [3.8, 4) is 0 Å². The number of benzene rings is 1. The molecule has 0 radical (unpaired) electrons. The fourth-order valence-corrected chi connectivity index (χ4v) is 35.4. The van der Waals surface area contributed by atoms with E-state index in [0.29, 0.717) is 11.8 Å². The summed E-state index contributed by atoms with van der Waals surface area (Å²) in [5, 5.41) is 0. The molecule has 2 unspecified atom stereocenters. The maximum absolute atomic E-state index is 3.09. The minimum atomic E-state index is -3.09. The molecule has 1 aromatic rings. The van der Waals surface area contributed by atoms with Crippen molar-refractivity contribution in [1.29, 1.82) is 0 Å². The van der Waals surface area contributed by atoms with Crippen LogP contribution in [0.5, 0.6) is 0 Å². The van der Waals surface area contributed by atoms with Crippen LogP contribution in [0.15, 0.2) is 65.8 Å². The van der Waals surface area contributed by atoms with Crippen molar-refractivity contribution in [2.24, 2.45) is 11.8 Å². The first kappa shape index (κ1) is 25.2. The van der Waals surface area contributed by atoms with Crippen LogP contribution in [-0.4, -0.2) is 12.1 Å². The normalized spacial score (nSPS) is 23.0. The first-order chi connectivity index (χ1) is 11.5. The van der Waals surface area contributed by atoms with Crippen molar-refractivity contribution in [3.63, 3.8) is 0 Å². The Kier molecular flexibility index (Phi) is 7.95. The van der Waals surface area contributed by atoms with Crippen molar-refractivity contribution >= 4 is 42.5 Å². The van der Waals surface area contributed by atoms with E-state index in [1.54, 1.807) is 11.1 Å². The predicted octanol–water partition coefficient (Wildman–Crippen LogP) is 7.04. The van der Waals surface area contributed by atoms with Crippen molar-refractivity contribution in [2.75, 3.05) is 0 Å². The summed E-state index contributed by atoms with van der Waals surface area (Å²) in [5.74, 6) is 1.21. The standard InChI is InChI=1S/C13H13.C8H11.2CH3.2ClH.GeH2.Zr/c1-10-8-11(2)13(9-10)12-6-4-3-5-7-12;1-6-4-7(2)8(3)5-6;;;;;;/h3-7,9-10H,1-2H3;4,6H,1-3H3;2*1H3;2*1H;1H2;. The molecule has 148 valence electrons. The van der Waals surface area contributed by atoms with E-state index in [9.17, 15) is 0 Å². The van der Waals surface area contributed by atoms with Crippen LogP contribution in [0.4, 0.5) is 0 Å².